The van der Waals surface area contributed by atoms with Gasteiger partial charge in [0, 0.05) is 6.07 Å². The molecule has 1 atom stereocenters. The van der Waals surface area contributed by atoms with Crippen LogP contribution in [0.1, 0.15) is 0 Å². The Bertz CT molecular complexity index is 316. The normalized spacial score (nSPS) is 12.6. The van der Waals surface area contributed by atoms with Crippen molar-refractivity contribution in [2.75, 3.05) is 0 Å². The minimum atomic E-state index is -2.52. The van der Waals surface area contributed by atoms with E-state index in [0.717, 1.165) is 12.1 Å². The van der Waals surface area contributed by atoms with Crippen LogP contribution in [0.3, 0.4) is 0 Å². The Kier molecular flexibility index (Phi) is 2.72. The van der Waals surface area contributed by atoms with Crippen molar-refractivity contribution in [3.63, 3.8) is 0 Å². The molecule has 0 fully saturated rings. The lowest BCUT2D eigenvalue weighted by Crippen LogP contribution is -1.98. The fourth-order valence-electron chi connectivity index (χ4n) is 0.611. The van der Waals surface area contributed by atoms with Gasteiger partial charge in [-0.3, -0.25) is 4.55 Å². The van der Waals surface area contributed by atoms with Crippen LogP contribution in [0.2, 0.25) is 0 Å². The molecule has 6 heteroatoms. The molecule has 0 bridgehead atoms. The van der Waals surface area contributed by atoms with Crippen molar-refractivity contribution < 1.29 is 21.7 Å². The van der Waals surface area contributed by atoms with Gasteiger partial charge in [0.05, 0.1) is 0 Å². The van der Waals surface area contributed by atoms with Crippen LogP contribution >= 0.6 is 0 Å². The van der Waals surface area contributed by atoms with Gasteiger partial charge in [-0.25, -0.2) is 8.78 Å². The first-order valence-electron chi connectivity index (χ1n) is 2.84. The molecule has 0 amide bonds. The van der Waals surface area contributed by atoms with Gasteiger partial charge in [-0.1, -0.05) is 0 Å². The molecule has 1 N–H and O–H groups in total. The standard InChI is InChI=1S/C6H4F2O3S/c7-5-2-1-4(3-6(5)8)11-12(9)10/h1-3H,(H,9,10). The Morgan fingerprint density at radius 3 is 2.50 bits per heavy atom. The molecule has 12 heavy (non-hydrogen) atoms. The van der Waals surface area contributed by atoms with E-state index in [1.807, 2.05) is 0 Å². The predicted molar refractivity (Wildman–Crippen MR) is 37.8 cm³/mol. The van der Waals surface area contributed by atoms with Gasteiger partial charge in [0.2, 0.25) is 0 Å². The van der Waals surface area contributed by atoms with E-state index in [1.165, 1.54) is 0 Å². The van der Waals surface area contributed by atoms with Crippen molar-refractivity contribution in [1.82, 2.24) is 0 Å². The Balaban J connectivity index is 2.89. The van der Waals surface area contributed by atoms with Crippen LogP contribution in [0.15, 0.2) is 18.2 Å². The summed E-state index contributed by atoms with van der Waals surface area (Å²) in [4.78, 5) is 0. The lowest BCUT2D eigenvalue weighted by Gasteiger charge is -1.99. The minimum Gasteiger partial charge on any atom is -0.380 e. The second-order valence-corrected chi connectivity index (χ2v) is 2.48. The Morgan fingerprint density at radius 1 is 1.33 bits per heavy atom. The molecule has 0 saturated carbocycles. The van der Waals surface area contributed by atoms with Gasteiger partial charge in [0.1, 0.15) is 5.75 Å². The van der Waals surface area contributed by atoms with Crippen molar-refractivity contribution >= 4 is 11.4 Å². The van der Waals surface area contributed by atoms with E-state index in [0.29, 0.717) is 6.07 Å². The highest BCUT2D eigenvalue weighted by molar-refractivity contribution is 7.74. The summed E-state index contributed by atoms with van der Waals surface area (Å²) in [6.45, 7) is 0. The maximum atomic E-state index is 12.4. The monoisotopic (exact) mass is 194 g/mol. The molecule has 66 valence electrons. The third kappa shape index (κ3) is 2.24. The number of benzene rings is 1. The van der Waals surface area contributed by atoms with Crippen LogP contribution in [-0.2, 0) is 11.4 Å². The van der Waals surface area contributed by atoms with Gasteiger partial charge >= 0.3 is 11.4 Å². The lowest BCUT2D eigenvalue weighted by atomic mass is 10.3. The van der Waals surface area contributed by atoms with Crippen LogP contribution in [-0.4, -0.2) is 8.76 Å². The van der Waals surface area contributed by atoms with Crippen molar-refractivity contribution in [1.29, 1.82) is 0 Å². The Hall–Kier alpha value is -1.01. The van der Waals surface area contributed by atoms with E-state index in [4.69, 9.17) is 4.55 Å². The molecule has 0 saturated heterocycles. The third-order valence-corrected chi connectivity index (χ3v) is 1.39. The van der Waals surface area contributed by atoms with Crippen LogP contribution in [0, 0.1) is 11.6 Å². The van der Waals surface area contributed by atoms with Crippen molar-refractivity contribution in [2.45, 2.75) is 0 Å². The quantitative estimate of drug-likeness (QED) is 0.725. The maximum absolute atomic E-state index is 12.4. The molecule has 1 rings (SSSR count). The molecule has 0 aliphatic rings. The van der Waals surface area contributed by atoms with E-state index in [9.17, 15) is 13.0 Å². The van der Waals surface area contributed by atoms with E-state index in [1.54, 1.807) is 0 Å². The third-order valence-electron chi connectivity index (χ3n) is 1.06. The van der Waals surface area contributed by atoms with E-state index < -0.39 is 23.0 Å². The van der Waals surface area contributed by atoms with Crippen LogP contribution < -0.4 is 4.18 Å². The second-order valence-electron chi connectivity index (χ2n) is 1.88. The average Bonchev–Trinajstić information content (AvgIpc) is 1.96. The van der Waals surface area contributed by atoms with E-state index in [2.05, 4.69) is 4.18 Å². The van der Waals surface area contributed by atoms with Gasteiger partial charge in [0.25, 0.3) is 0 Å². The molecule has 0 radical (unpaired) electrons. The first-order valence-corrected chi connectivity index (χ1v) is 3.87. The average molecular weight is 194 g/mol. The zero-order chi connectivity index (χ0) is 9.14. The molecule has 0 aliphatic carbocycles. The SMILES string of the molecule is O=S(O)Oc1ccc(F)c(F)c1. The fourth-order valence-corrected chi connectivity index (χ4v) is 0.879. The number of halogens is 2. The molecule has 0 aliphatic heterocycles. The molecule has 0 aromatic heterocycles. The molecule has 3 nitrogen and oxygen atoms in total. The fraction of sp³-hybridized carbons (Fsp3) is 0. The minimum absolute atomic E-state index is 0.199. The summed E-state index contributed by atoms with van der Waals surface area (Å²) in [6, 6.07) is 2.54. The molecule has 1 aromatic rings. The predicted octanol–water partition coefficient (Wildman–Crippen LogP) is 1.48. The van der Waals surface area contributed by atoms with Gasteiger partial charge in [-0.05, 0) is 12.1 Å². The largest absolute Gasteiger partial charge is 0.380 e. The first-order chi connectivity index (χ1) is 5.59. The Labute approximate surface area is 69.5 Å². The van der Waals surface area contributed by atoms with Crippen LogP contribution in [0.4, 0.5) is 8.78 Å². The van der Waals surface area contributed by atoms with Crippen LogP contribution in [0.25, 0.3) is 0 Å². The summed E-state index contributed by atoms with van der Waals surface area (Å²) in [6.07, 6.45) is 0. The number of hydrogen-bond acceptors (Lipinski definition) is 2. The summed E-state index contributed by atoms with van der Waals surface area (Å²) in [5, 5.41) is 0. The molecular formula is C6H4F2O3S. The highest BCUT2D eigenvalue weighted by atomic mass is 32.2. The highest BCUT2D eigenvalue weighted by Crippen LogP contribution is 2.15. The summed E-state index contributed by atoms with van der Waals surface area (Å²) >= 11 is -2.52. The first kappa shape index (κ1) is 9.08. The van der Waals surface area contributed by atoms with Gasteiger partial charge in [-0.15, -0.1) is 0 Å². The molecular weight excluding hydrogens is 190 g/mol. The molecule has 1 unspecified atom stereocenters. The van der Waals surface area contributed by atoms with Crippen molar-refractivity contribution in [2.24, 2.45) is 0 Å². The van der Waals surface area contributed by atoms with E-state index in [-0.39, 0.29) is 5.75 Å². The molecule has 1 aromatic carbocycles. The number of rotatable bonds is 2. The topological polar surface area (TPSA) is 46.5 Å². The molecule has 0 heterocycles. The zero-order valence-electron chi connectivity index (χ0n) is 5.66. The maximum Gasteiger partial charge on any atom is 0.357 e. The second kappa shape index (κ2) is 3.59. The van der Waals surface area contributed by atoms with Crippen molar-refractivity contribution in [3.8, 4) is 5.75 Å². The zero-order valence-corrected chi connectivity index (χ0v) is 6.48. The van der Waals surface area contributed by atoms with Gasteiger partial charge in [0.15, 0.2) is 11.6 Å². The summed E-state index contributed by atoms with van der Waals surface area (Å²) in [5.74, 6) is -2.36. The lowest BCUT2D eigenvalue weighted by molar-refractivity contribution is 0.450. The summed E-state index contributed by atoms with van der Waals surface area (Å²) in [5.41, 5.74) is 0. The van der Waals surface area contributed by atoms with Crippen molar-refractivity contribution in [3.05, 3.63) is 29.8 Å². The number of hydrogen-bond donors (Lipinski definition) is 1. The molecule has 0 spiro atoms. The van der Waals surface area contributed by atoms with Crippen LogP contribution in [0.5, 0.6) is 5.75 Å². The van der Waals surface area contributed by atoms with Gasteiger partial charge < -0.3 is 4.18 Å². The van der Waals surface area contributed by atoms with E-state index >= 15 is 0 Å². The highest BCUT2D eigenvalue weighted by Gasteiger charge is 2.04. The summed E-state index contributed by atoms with van der Waals surface area (Å²) in [7, 11) is 0. The van der Waals surface area contributed by atoms with Gasteiger partial charge in [-0.2, -0.15) is 4.21 Å². The Morgan fingerprint density at radius 2 is 2.00 bits per heavy atom. The summed E-state index contributed by atoms with van der Waals surface area (Å²) < 4.78 is 47.1. The smallest absolute Gasteiger partial charge is 0.357 e.